The van der Waals surface area contributed by atoms with Gasteiger partial charge in [-0.05, 0) is 76.8 Å². The molecule has 0 radical (unpaired) electrons. The van der Waals surface area contributed by atoms with Gasteiger partial charge >= 0.3 is 0 Å². The molecule has 1 amide bonds. The molecule has 2 aromatic carbocycles. The van der Waals surface area contributed by atoms with E-state index in [0.717, 1.165) is 17.6 Å². The lowest BCUT2D eigenvalue weighted by Gasteiger charge is -2.02. The van der Waals surface area contributed by atoms with E-state index in [1.165, 1.54) is 18.4 Å². The van der Waals surface area contributed by atoms with Crippen LogP contribution in [0.25, 0.3) is 16.7 Å². The van der Waals surface area contributed by atoms with Crippen molar-refractivity contribution in [2.75, 3.05) is 5.32 Å². The number of unbranched alkanes of at least 4 members (excludes halogenated alkanes) is 1. The zero-order valence-electron chi connectivity index (χ0n) is 15.4. The number of anilines is 1. The molecule has 4 aromatic rings. The topological polar surface area (TPSA) is 73.0 Å². The standard InChI is InChI=1S/C21H19BrN4O2/c1-2-3-4-14-5-8-16(9-6-14)26-24-17-10-7-15(13-18(17)25-26)23-21(27)19-11-12-20(22)28-19/h5-13H,2-4H2,1H3,(H,23,27). The van der Waals surface area contributed by atoms with Crippen molar-refractivity contribution in [3.05, 3.63) is 70.6 Å². The van der Waals surface area contributed by atoms with E-state index < -0.39 is 0 Å². The molecule has 0 aliphatic carbocycles. The number of benzene rings is 2. The Morgan fingerprint density at radius 3 is 2.57 bits per heavy atom. The normalized spacial score (nSPS) is 11.1. The lowest BCUT2D eigenvalue weighted by molar-refractivity contribution is 0.0995. The minimum atomic E-state index is -0.319. The Morgan fingerprint density at radius 2 is 1.86 bits per heavy atom. The second kappa shape index (κ2) is 7.98. The molecule has 0 saturated carbocycles. The van der Waals surface area contributed by atoms with Crippen LogP contribution in [-0.2, 0) is 6.42 Å². The molecule has 0 bridgehead atoms. The van der Waals surface area contributed by atoms with Gasteiger partial charge in [-0.25, -0.2) is 0 Å². The van der Waals surface area contributed by atoms with E-state index >= 15 is 0 Å². The Bertz CT molecular complexity index is 1120. The largest absolute Gasteiger partial charge is 0.444 e. The average Bonchev–Trinajstić information content (AvgIpc) is 3.32. The summed E-state index contributed by atoms with van der Waals surface area (Å²) in [5.74, 6) is -0.0844. The second-order valence-corrected chi connectivity index (χ2v) is 7.30. The maximum atomic E-state index is 12.2. The fourth-order valence-corrected chi connectivity index (χ4v) is 3.22. The number of rotatable bonds is 6. The summed E-state index contributed by atoms with van der Waals surface area (Å²) in [5, 5.41) is 11.9. The molecule has 0 spiro atoms. The summed E-state index contributed by atoms with van der Waals surface area (Å²) in [7, 11) is 0. The quantitative estimate of drug-likeness (QED) is 0.438. The van der Waals surface area contributed by atoms with Crippen LogP contribution in [0, 0.1) is 0 Å². The molecule has 0 atom stereocenters. The predicted molar refractivity (Wildman–Crippen MR) is 112 cm³/mol. The van der Waals surface area contributed by atoms with Crippen molar-refractivity contribution in [3.8, 4) is 5.69 Å². The number of carbonyl (C=O) groups excluding carboxylic acids is 1. The fourth-order valence-electron chi connectivity index (χ4n) is 2.91. The van der Waals surface area contributed by atoms with Gasteiger partial charge in [0.1, 0.15) is 11.0 Å². The molecule has 7 heteroatoms. The first-order chi connectivity index (χ1) is 13.6. The molecule has 2 heterocycles. The molecule has 1 N–H and O–H groups in total. The van der Waals surface area contributed by atoms with Crippen LogP contribution in [0.5, 0.6) is 0 Å². The van der Waals surface area contributed by atoms with Gasteiger partial charge in [0.25, 0.3) is 5.91 Å². The molecule has 6 nitrogen and oxygen atoms in total. The van der Waals surface area contributed by atoms with Crippen molar-refractivity contribution in [1.29, 1.82) is 0 Å². The van der Waals surface area contributed by atoms with E-state index in [4.69, 9.17) is 4.42 Å². The fraction of sp³-hybridized carbons (Fsp3) is 0.190. The van der Waals surface area contributed by atoms with Crippen molar-refractivity contribution in [1.82, 2.24) is 15.0 Å². The van der Waals surface area contributed by atoms with Crippen LogP contribution in [-0.4, -0.2) is 20.9 Å². The highest BCUT2D eigenvalue weighted by Gasteiger charge is 2.12. The Morgan fingerprint density at radius 1 is 1.07 bits per heavy atom. The number of furan rings is 1. The Labute approximate surface area is 170 Å². The number of aromatic nitrogens is 3. The number of fused-ring (bicyclic) bond motifs is 1. The van der Waals surface area contributed by atoms with Crippen molar-refractivity contribution >= 4 is 38.6 Å². The maximum Gasteiger partial charge on any atom is 0.291 e. The van der Waals surface area contributed by atoms with Gasteiger partial charge in [0.05, 0.1) is 5.69 Å². The Kier molecular flexibility index (Phi) is 5.25. The van der Waals surface area contributed by atoms with Crippen LogP contribution >= 0.6 is 15.9 Å². The van der Waals surface area contributed by atoms with E-state index in [1.54, 1.807) is 29.1 Å². The van der Waals surface area contributed by atoms with Gasteiger partial charge in [-0.3, -0.25) is 4.79 Å². The zero-order valence-corrected chi connectivity index (χ0v) is 16.9. The van der Waals surface area contributed by atoms with Crippen LogP contribution < -0.4 is 5.32 Å². The second-order valence-electron chi connectivity index (χ2n) is 6.52. The first-order valence-electron chi connectivity index (χ1n) is 9.15. The Hall–Kier alpha value is -2.93. The highest BCUT2D eigenvalue weighted by Crippen LogP contribution is 2.20. The van der Waals surface area contributed by atoms with Gasteiger partial charge in [0.2, 0.25) is 0 Å². The maximum absolute atomic E-state index is 12.2. The number of hydrogen-bond donors (Lipinski definition) is 1. The minimum absolute atomic E-state index is 0.235. The summed E-state index contributed by atoms with van der Waals surface area (Å²) in [5.41, 5.74) is 4.31. The molecule has 28 heavy (non-hydrogen) atoms. The summed E-state index contributed by atoms with van der Waals surface area (Å²) < 4.78 is 5.78. The van der Waals surface area contributed by atoms with Crippen molar-refractivity contribution in [3.63, 3.8) is 0 Å². The summed E-state index contributed by atoms with van der Waals surface area (Å²) >= 11 is 3.19. The van der Waals surface area contributed by atoms with Crippen LogP contribution in [0.3, 0.4) is 0 Å². The third-order valence-electron chi connectivity index (χ3n) is 4.42. The minimum Gasteiger partial charge on any atom is -0.444 e. The lowest BCUT2D eigenvalue weighted by Crippen LogP contribution is -2.10. The molecule has 142 valence electrons. The molecule has 0 fully saturated rings. The lowest BCUT2D eigenvalue weighted by atomic mass is 10.1. The van der Waals surface area contributed by atoms with Gasteiger partial charge in [-0.1, -0.05) is 25.5 Å². The molecule has 0 aliphatic rings. The van der Waals surface area contributed by atoms with Crippen molar-refractivity contribution in [2.45, 2.75) is 26.2 Å². The van der Waals surface area contributed by atoms with Gasteiger partial charge < -0.3 is 9.73 Å². The van der Waals surface area contributed by atoms with Crippen LogP contribution in [0.4, 0.5) is 5.69 Å². The van der Waals surface area contributed by atoms with E-state index in [-0.39, 0.29) is 11.7 Å². The smallest absolute Gasteiger partial charge is 0.291 e. The monoisotopic (exact) mass is 438 g/mol. The number of nitrogens with zero attached hydrogens (tertiary/aromatic N) is 3. The number of amides is 1. The highest BCUT2D eigenvalue weighted by molar-refractivity contribution is 9.10. The average molecular weight is 439 g/mol. The van der Waals surface area contributed by atoms with E-state index in [9.17, 15) is 4.79 Å². The molecule has 0 aliphatic heterocycles. The summed E-state index contributed by atoms with van der Waals surface area (Å²) in [6, 6.07) is 17.0. The zero-order chi connectivity index (χ0) is 19.5. The first-order valence-corrected chi connectivity index (χ1v) is 9.95. The summed E-state index contributed by atoms with van der Waals surface area (Å²) in [6.07, 6.45) is 3.46. The van der Waals surface area contributed by atoms with Crippen LogP contribution in [0.1, 0.15) is 35.9 Å². The van der Waals surface area contributed by atoms with Gasteiger partial charge in [0.15, 0.2) is 10.4 Å². The Balaban J connectivity index is 1.53. The van der Waals surface area contributed by atoms with Crippen molar-refractivity contribution in [2.24, 2.45) is 0 Å². The molecule has 2 aromatic heterocycles. The number of carbonyl (C=O) groups is 1. The number of aryl methyl sites for hydroxylation is 1. The third-order valence-corrected chi connectivity index (χ3v) is 4.85. The molecule has 4 rings (SSSR count). The van der Waals surface area contributed by atoms with Crippen LogP contribution in [0.15, 0.2) is 63.7 Å². The molecular formula is C21H19BrN4O2. The highest BCUT2D eigenvalue weighted by atomic mass is 79.9. The van der Waals surface area contributed by atoms with Gasteiger partial charge in [-0.15, -0.1) is 10.2 Å². The summed E-state index contributed by atoms with van der Waals surface area (Å²) in [6.45, 7) is 2.19. The molecule has 0 saturated heterocycles. The van der Waals surface area contributed by atoms with Crippen LogP contribution in [0.2, 0.25) is 0 Å². The third kappa shape index (κ3) is 3.99. The molecular weight excluding hydrogens is 420 g/mol. The molecule has 0 unspecified atom stereocenters. The van der Waals surface area contributed by atoms with Gasteiger partial charge in [0, 0.05) is 5.69 Å². The summed E-state index contributed by atoms with van der Waals surface area (Å²) in [4.78, 5) is 13.8. The van der Waals surface area contributed by atoms with E-state index in [0.29, 0.717) is 15.9 Å². The van der Waals surface area contributed by atoms with E-state index in [2.05, 4.69) is 50.5 Å². The van der Waals surface area contributed by atoms with E-state index in [1.807, 2.05) is 18.2 Å². The number of halogens is 1. The SMILES string of the molecule is CCCCc1ccc(-n2nc3ccc(NC(=O)c4ccc(Br)o4)cc3n2)cc1. The first kappa shape index (κ1) is 18.4. The van der Waals surface area contributed by atoms with Gasteiger partial charge in [-0.2, -0.15) is 4.80 Å². The predicted octanol–water partition coefficient (Wildman–Crippen LogP) is 5.37. The van der Waals surface area contributed by atoms with Crippen molar-refractivity contribution < 1.29 is 9.21 Å². The number of nitrogens with one attached hydrogen (secondary N) is 1. The number of hydrogen-bond acceptors (Lipinski definition) is 4.